The van der Waals surface area contributed by atoms with Gasteiger partial charge in [0, 0.05) is 74.9 Å². The number of nitrogens with zero attached hydrogens (tertiary/aromatic N) is 3. The predicted molar refractivity (Wildman–Crippen MR) is 291 cm³/mol. The molecule has 5 heterocycles. The van der Waals surface area contributed by atoms with Crippen LogP contribution in [0.4, 0.5) is 0 Å². The van der Waals surface area contributed by atoms with E-state index in [4.69, 9.17) is 18.8 Å². The van der Waals surface area contributed by atoms with Gasteiger partial charge in [0.15, 0.2) is 5.82 Å². The first-order valence-electron chi connectivity index (χ1n) is 23.5. The third kappa shape index (κ3) is 6.03. The highest BCUT2D eigenvalue weighted by Gasteiger charge is 2.20. The highest BCUT2D eigenvalue weighted by atomic mass is 32.1. The molecule has 0 unspecified atom stereocenters. The van der Waals surface area contributed by atoms with Gasteiger partial charge in [-0.25, -0.2) is 9.97 Å². The van der Waals surface area contributed by atoms with E-state index in [1.807, 2.05) is 53.8 Å². The van der Waals surface area contributed by atoms with E-state index < -0.39 is 0 Å². The lowest BCUT2D eigenvalue weighted by molar-refractivity contribution is 0.668. The number of para-hydroxylation sites is 2. The third-order valence-corrected chi connectivity index (χ3v) is 15.3. The molecule has 0 aliphatic rings. The highest BCUT2D eigenvalue weighted by molar-refractivity contribution is 7.26. The molecule has 15 aromatic rings. The van der Waals surface area contributed by atoms with Crippen LogP contribution < -0.4 is 0 Å². The number of benzene rings is 10. The summed E-state index contributed by atoms with van der Waals surface area (Å²) in [7, 11) is 0. The van der Waals surface area contributed by atoms with Gasteiger partial charge in [-0.05, 0) is 101 Å². The summed E-state index contributed by atoms with van der Waals surface area (Å²) in [6, 6.07) is 79.7. The molecule has 70 heavy (non-hydrogen) atoms. The molecule has 0 N–H and O–H groups in total. The summed E-state index contributed by atoms with van der Waals surface area (Å²) in [4.78, 5) is 10.5. The van der Waals surface area contributed by atoms with E-state index in [1.54, 1.807) is 0 Å². The average Bonchev–Trinajstić information content (AvgIpc) is 4.19. The van der Waals surface area contributed by atoms with Crippen molar-refractivity contribution in [1.82, 2.24) is 14.5 Å². The molecule has 6 heteroatoms. The van der Waals surface area contributed by atoms with E-state index in [0.717, 1.165) is 94.3 Å². The fraction of sp³-hybridized carbons (Fsp3) is 0. The lowest BCUT2D eigenvalue weighted by Crippen LogP contribution is -1.96. The molecule has 0 amide bonds. The first-order chi connectivity index (χ1) is 34.7. The molecule has 0 bridgehead atoms. The molecule has 0 radical (unpaired) electrons. The maximum Gasteiger partial charge on any atom is 0.160 e. The molecule has 10 aromatic carbocycles. The standard InChI is InChI=1S/C64H37N3O2S/c1-3-13-38(14-4-1)64-65-53(42-26-30-47-46-17-7-9-22-57(46)69-60(47)36-42)37-54(66-64)50-21-12-23-59-62(50)52-34-40(28-32-58(52)68-59)39-27-31-55-51(33-39)45-29-25-41(35-56(45)67(55)43-15-5-2-6-16-43)44-19-11-20-49-48-18-8-10-24-61(48)70-63(44)49/h1-37H. The van der Waals surface area contributed by atoms with Crippen LogP contribution in [0.15, 0.2) is 233 Å². The zero-order valence-electron chi connectivity index (χ0n) is 37.4. The zero-order valence-corrected chi connectivity index (χ0v) is 38.2. The van der Waals surface area contributed by atoms with Gasteiger partial charge in [-0.2, -0.15) is 0 Å². The normalized spacial score (nSPS) is 12.0. The number of hydrogen-bond acceptors (Lipinski definition) is 5. The molecular formula is C64H37N3O2S. The zero-order chi connectivity index (χ0) is 45.9. The van der Waals surface area contributed by atoms with Crippen molar-refractivity contribution in [3.63, 3.8) is 0 Å². The number of thiophene rings is 1. The van der Waals surface area contributed by atoms with Crippen LogP contribution in [0.5, 0.6) is 0 Å². The number of fused-ring (bicyclic) bond motifs is 12. The maximum atomic E-state index is 6.63. The fourth-order valence-electron chi connectivity index (χ4n) is 10.8. The molecule has 15 rings (SSSR count). The minimum atomic E-state index is 0.649. The molecule has 0 atom stereocenters. The molecule has 5 nitrogen and oxygen atoms in total. The monoisotopic (exact) mass is 911 g/mol. The Hall–Kier alpha value is -9.10. The quantitative estimate of drug-likeness (QED) is 0.167. The van der Waals surface area contributed by atoms with Gasteiger partial charge in [0.05, 0.1) is 22.4 Å². The van der Waals surface area contributed by atoms with Crippen LogP contribution in [0, 0.1) is 0 Å². The topological polar surface area (TPSA) is 57.0 Å². The Morgan fingerprint density at radius 1 is 0.343 bits per heavy atom. The highest BCUT2D eigenvalue weighted by Crippen LogP contribution is 2.44. The molecular weight excluding hydrogens is 875 g/mol. The fourth-order valence-corrected chi connectivity index (χ4v) is 12.0. The van der Waals surface area contributed by atoms with Crippen molar-refractivity contribution in [3.05, 3.63) is 224 Å². The van der Waals surface area contributed by atoms with E-state index in [0.29, 0.717) is 5.82 Å². The summed E-state index contributed by atoms with van der Waals surface area (Å²) < 4.78 is 18.0. The minimum Gasteiger partial charge on any atom is -0.456 e. The second-order valence-electron chi connectivity index (χ2n) is 18.0. The van der Waals surface area contributed by atoms with Crippen molar-refractivity contribution in [2.24, 2.45) is 0 Å². The van der Waals surface area contributed by atoms with Gasteiger partial charge in [0.1, 0.15) is 22.3 Å². The molecule has 0 fully saturated rings. The van der Waals surface area contributed by atoms with Crippen molar-refractivity contribution < 1.29 is 8.83 Å². The first kappa shape index (κ1) is 38.9. The molecule has 0 saturated carbocycles. The smallest absolute Gasteiger partial charge is 0.160 e. The summed E-state index contributed by atoms with van der Waals surface area (Å²) in [6.07, 6.45) is 0. The van der Waals surface area contributed by atoms with Crippen molar-refractivity contribution in [3.8, 4) is 61.8 Å². The van der Waals surface area contributed by atoms with E-state index in [9.17, 15) is 0 Å². The second kappa shape index (κ2) is 15.2. The minimum absolute atomic E-state index is 0.649. The lowest BCUT2D eigenvalue weighted by Gasteiger charge is -2.10. The predicted octanol–water partition coefficient (Wildman–Crippen LogP) is 18.1. The molecule has 326 valence electrons. The summed E-state index contributed by atoms with van der Waals surface area (Å²) >= 11 is 1.87. The largest absolute Gasteiger partial charge is 0.456 e. The van der Waals surface area contributed by atoms with Gasteiger partial charge in [-0.3, -0.25) is 0 Å². The SMILES string of the molecule is c1ccc(-c2nc(-c3ccc4c(c3)oc3ccccc34)cc(-c3cccc4oc5ccc(-c6ccc7c(c6)c6ccc(-c8cccc9c8sc8ccccc89)cc6n7-c6ccccc6)cc5c34)n2)cc1. The van der Waals surface area contributed by atoms with E-state index in [1.165, 1.54) is 47.6 Å². The first-order valence-corrected chi connectivity index (χ1v) is 24.4. The Labute approximate surface area is 404 Å². The Morgan fingerprint density at radius 2 is 0.986 bits per heavy atom. The number of hydrogen-bond donors (Lipinski definition) is 0. The van der Waals surface area contributed by atoms with Crippen LogP contribution in [0.3, 0.4) is 0 Å². The Morgan fingerprint density at radius 3 is 1.89 bits per heavy atom. The van der Waals surface area contributed by atoms with Crippen LogP contribution in [0.1, 0.15) is 0 Å². The number of rotatable bonds is 6. The third-order valence-electron chi connectivity index (χ3n) is 14.0. The van der Waals surface area contributed by atoms with Crippen LogP contribution in [-0.2, 0) is 0 Å². The molecule has 0 saturated heterocycles. The van der Waals surface area contributed by atoms with Gasteiger partial charge >= 0.3 is 0 Å². The Kier molecular flexibility index (Phi) is 8.46. The number of furan rings is 2. The van der Waals surface area contributed by atoms with Gasteiger partial charge in [0.25, 0.3) is 0 Å². The Bertz CT molecular complexity index is 4600. The molecule has 0 aliphatic carbocycles. The van der Waals surface area contributed by atoms with Gasteiger partial charge in [-0.15, -0.1) is 11.3 Å². The van der Waals surface area contributed by atoms with E-state index in [2.05, 4.69) is 187 Å². The summed E-state index contributed by atoms with van der Waals surface area (Å²) in [6.45, 7) is 0. The van der Waals surface area contributed by atoms with Crippen LogP contribution in [-0.4, -0.2) is 14.5 Å². The average molecular weight is 912 g/mol. The molecule has 0 aliphatic heterocycles. The van der Waals surface area contributed by atoms with Gasteiger partial charge in [-0.1, -0.05) is 146 Å². The summed E-state index contributed by atoms with van der Waals surface area (Å²) in [5.41, 5.74) is 16.0. The van der Waals surface area contributed by atoms with Crippen LogP contribution in [0.2, 0.25) is 0 Å². The van der Waals surface area contributed by atoms with Crippen molar-refractivity contribution in [2.75, 3.05) is 0 Å². The summed E-state index contributed by atoms with van der Waals surface area (Å²) in [5, 5.41) is 9.23. The lowest BCUT2D eigenvalue weighted by atomic mass is 9.97. The van der Waals surface area contributed by atoms with Crippen LogP contribution >= 0.6 is 11.3 Å². The van der Waals surface area contributed by atoms with Crippen molar-refractivity contribution in [2.45, 2.75) is 0 Å². The van der Waals surface area contributed by atoms with E-state index >= 15 is 0 Å². The van der Waals surface area contributed by atoms with Crippen LogP contribution in [0.25, 0.3) is 148 Å². The van der Waals surface area contributed by atoms with Crippen molar-refractivity contribution >= 4 is 97.2 Å². The number of aromatic nitrogens is 3. The molecule has 5 aromatic heterocycles. The molecule has 0 spiro atoms. The van der Waals surface area contributed by atoms with Gasteiger partial charge < -0.3 is 13.4 Å². The summed E-state index contributed by atoms with van der Waals surface area (Å²) in [5.74, 6) is 0.649. The van der Waals surface area contributed by atoms with Crippen molar-refractivity contribution in [1.29, 1.82) is 0 Å². The maximum absolute atomic E-state index is 6.63. The van der Waals surface area contributed by atoms with E-state index in [-0.39, 0.29) is 0 Å². The Balaban J connectivity index is 0.885. The van der Waals surface area contributed by atoms with Gasteiger partial charge in [0.2, 0.25) is 0 Å². The second-order valence-corrected chi connectivity index (χ2v) is 19.1.